The van der Waals surface area contributed by atoms with Crippen LogP contribution in [0, 0.1) is 0 Å². The average Bonchev–Trinajstić information content (AvgIpc) is 3.00. The molecule has 0 spiro atoms. The first-order chi connectivity index (χ1) is 10.6. The Balaban J connectivity index is 2.03. The molecule has 1 aliphatic heterocycles. The Hall–Kier alpha value is -0.950. The molecule has 1 amide bonds. The van der Waals surface area contributed by atoms with Crippen LogP contribution in [0.15, 0.2) is 18.2 Å². The maximum atomic E-state index is 12.4. The van der Waals surface area contributed by atoms with Gasteiger partial charge in [0.25, 0.3) is 5.91 Å². The molecule has 5 nitrogen and oxygen atoms in total. The van der Waals surface area contributed by atoms with E-state index in [0.29, 0.717) is 22.9 Å². The number of carbonyl (C=O) groups is 1. The molecule has 0 radical (unpaired) electrons. The summed E-state index contributed by atoms with van der Waals surface area (Å²) in [7, 11) is 1.51. The number of benzene rings is 1. The Labute approximate surface area is 139 Å². The van der Waals surface area contributed by atoms with E-state index in [1.165, 1.54) is 7.11 Å². The number of thioether (sulfide) groups is 1. The molecule has 1 aliphatic rings. The molecule has 1 fully saturated rings. The third-order valence-corrected chi connectivity index (χ3v) is 5.00. The van der Waals surface area contributed by atoms with Gasteiger partial charge < -0.3 is 19.9 Å². The molecule has 22 heavy (non-hydrogen) atoms. The Bertz CT molecular complexity index is 520. The van der Waals surface area contributed by atoms with Gasteiger partial charge in [0.2, 0.25) is 0 Å². The van der Waals surface area contributed by atoms with Crippen LogP contribution in [0.25, 0.3) is 0 Å². The van der Waals surface area contributed by atoms with Crippen LogP contribution in [0.3, 0.4) is 0 Å². The quantitative estimate of drug-likeness (QED) is 0.790. The number of aliphatic hydroxyl groups is 1. The van der Waals surface area contributed by atoms with E-state index < -0.39 is 5.60 Å². The van der Waals surface area contributed by atoms with Crippen LogP contribution in [0.1, 0.15) is 16.8 Å². The zero-order valence-electron chi connectivity index (χ0n) is 12.4. The molecule has 0 aliphatic carbocycles. The van der Waals surface area contributed by atoms with E-state index in [-0.39, 0.29) is 19.1 Å². The average molecular weight is 346 g/mol. The van der Waals surface area contributed by atoms with Gasteiger partial charge in [-0.2, -0.15) is 11.8 Å². The monoisotopic (exact) mass is 345 g/mol. The second-order valence-corrected chi connectivity index (χ2v) is 6.63. The summed E-state index contributed by atoms with van der Waals surface area (Å²) < 4.78 is 11.0. The molecule has 122 valence electrons. The van der Waals surface area contributed by atoms with Crippen molar-refractivity contribution >= 4 is 29.3 Å². The zero-order valence-corrected chi connectivity index (χ0v) is 14.0. The lowest BCUT2D eigenvalue weighted by molar-refractivity contribution is -0.0378. The molecule has 1 heterocycles. The number of ether oxygens (including phenoxy) is 2. The smallest absolute Gasteiger partial charge is 0.255 e. The van der Waals surface area contributed by atoms with E-state index in [1.807, 2.05) is 0 Å². The van der Waals surface area contributed by atoms with E-state index in [0.717, 1.165) is 17.9 Å². The van der Waals surface area contributed by atoms with Gasteiger partial charge >= 0.3 is 0 Å². The molecular weight excluding hydrogens is 326 g/mol. The molecule has 2 N–H and O–H groups in total. The van der Waals surface area contributed by atoms with Gasteiger partial charge in [0.15, 0.2) is 0 Å². The summed E-state index contributed by atoms with van der Waals surface area (Å²) in [6.07, 6.45) is 0.852. The standard InChI is InChI=1S/C15H20ClNO4S/c1-20-13-3-2-11(16)8-12(13)14(19)17-9-15(21-6-5-18)4-7-22-10-15/h2-3,8,18H,4-7,9-10H2,1H3,(H,17,19). The number of nitrogens with one attached hydrogen (secondary N) is 1. The van der Waals surface area contributed by atoms with Crippen LogP contribution >= 0.6 is 23.4 Å². The maximum absolute atomic E-state index is 12.4. The van der Waals surface area contributed by atoms with Gasteiger partial charge in [-0.3, -0.25) is 4.79 Å². The number of methoxy groups -OCH3 is 1. The van der Waals surface area contributed by atoms with E-state index in [9.17, 15) is 4.79 Å². The van der Waals surface area contributed by atoms with Gasteiger partial charge in [0.1, 0.15) is 5.75 Å². The second kappa shape index (κ2) is 8.06. The highest BCUT2D eigenvalue weighted by Crippen LogP contribution is 2.31. The number of aliphatic hydroxyl groups excluding tert-OH is 1. The Morgan fingerprint density at radius 3 is 3.00 bits per heavy atom. The molecule has 1 unspecified atom stereocenters. The predicted molar refractivity (Wildman–Crippen MR) is 88.0 cm³/mol. The topological polar surface area (TPSA) is 67.8 Å². The summed E-state index contributed by atoms with van der Waals surface area (Å²) in [4.78, 5) is 12.4. The van der Waals surface area contributed by atoms with Gasteiger partial charge in [-0.1, -0.05) is 11.6 Å². The Kier molecular flexibility index (Phi) is 6.37. The van der Waals surface area contributed by atoms with E-state index >= 15 is 0 Å². The van der Waals surface area contributed by atoms with Crippen molar-refractivity contribution < 1.29 is 19.4 Å². The van der Waals surface area contributed by atoms with E-state index in [2.05, 4.69) is 5.32 Å². The highest BCUT2D eigenvalue weighted by molar-refractivity contribution is 7.99. The summed E-state index contributed by atoms with van der Waals surface area (Å²) in [6.45, 7) is 0.647. The largest absolute Gasteiger partial charge is 0.496 e. The summed E-state index contributed by atoms with van der Waals surface area (Å²) in [5, 5.41) is 12.3. The fourth-order valence-electron chi connectivity index (χ4n) is 2.35. The number of hydrogen-bond acceptors (Lipinski definition) is 5. The fourth-order valence-corrected chi connectivity index (χ4v) is 3.88. The molecule has 0 saturated carbocycles. The minimum atomic E-state index is -0.408. The lowest BCUT2D eigenvalue weighted by atomic mass is 10.0. The molecular formula is C15H20ClNO4S. The van der Waals surface area contributed by atoms with Crippen LogP contribution < -0.4 is 10.1 Å². The van der Waals surface area contributed by atoms with Crippen LogP contribution in [0.4, 0.5) is 0 Å². The molecule has 0 aromatic heterocycles. The third-order valence-electron chi connectivity index (χ3n) is 3.54. The minimum absolute atomic E-state index is 0.0253. The highest BCUT2D eigenvalue weighted by Gasteiger charge is 2.36. The zero-order chi connectivity index (χ0) is 16.0. The first-order valence-electron chi connectivity index (χ1n) is 7.04. The summed E-state index contributed by atoms with van der Waals surface area (Å²) in [5.74, 6) is 2.03. The van der Waals surface area contributed by atoms with Crippen molar-refractivity contribution in [2.75, 3.05) is 38.4 Å². The number of hydrogen-bond donors (Lipinski definition) is 2. The van der Waals surface area contributed by atoms with Crippen molar-refractivity contribution in [3.05, 3.63) is 28.8 Å². The number of carbonyl (C=O) groups excluding carboxylic acids is 1. The van der Waals surface area contributed by atoms with Crippen LogP contribution in [-0.4, -0.2) is 55.0 Å². The van der Waals surface area contributed by atoms with Gasteiger partial charge in [-0.05, 0) is 30.4 Å². The van der Waals surface area contributed by atoms with Crippen molar-refractivity contribution in [1.82, 2.24) is 5.32 Å². The molecule has 1 aromatic carbocycles. The van der Waals surface area contributed by atoms with Crippen molar-refractivity contribution in [3.8, 4) is 5.75 Å². The van der Waals surface area contributed by atoms with Gasteiger partial charge in [0, 0.05) is 17.3 Å². The van der Waals surface area contributed by atoms with Crippen molar-refractivity contribution in [1.29, 1.82) is 0 Å². The van der Waals surface area contributed by atoms with Crippen LogP contribution in [-0.2, 0) is 4.74 Å². The Morgan fingerprint density at radius 2 is 2.36 bits per heavy atom. The van der Waals surface area contributed by atoms with Gasteiger partial charge in [0.05, 0.1) is 31.5 Å². The lowest BCUT2D eigenvalue weighted by Crippen LogP contribution is -2.45. The lowest BCUT2D eigenvalue weighted by Gasteiger charge is -2.28. The highest BCUT2D eigenvalue weighted by atomic mass is 35.5. The van der Waals surface area contributed by atoms with Crippen LogP contribution in [0.5, 0.6) is 5.75 Å². The first-order valence-corrected chi connectivity index (χ1v) is 8.58. The van der Waals surface area contributed by atoms with Crippen molar-refractivity contribution in [3.63, 3.8) is 0 Å². The molecule has 1 atom stereocenters. The van der Waals surface area contributed by atoms with Gasteiger partial charge in [-0.25, -0.2) is 0 Å². The van der Waals surface area contributed by atoms with E-state index in [1.54, 1.807) is 30.0 Å². The maximum Gasteiger partial charge on any atom is 0.255 e. The van der Waals surface area contributed by atoms with Crippen molar-refractivity contribution in [2.45, 2.75) is 12.0 Å². The normalized spacial score (nSPS) is 20.9. The summed E-state index contributed by atoms with van der Waals surface area (Å²) in [5.41, 5.74) is -0.00698. The van der Waals surface area contributed by atoms with Crippen molar-refractivity contribution in [2.24, 2.45) is 0 Å². The number of amides is 1. The van der Waals surface area contributed by atoms with Gasteiger partial charge in [-0.15, -0.1) is 0 Å². The molecule has 1 saturated heterocycles. The molecule has 7 heteroatoms. The first kappa shape index (κ1) is 17.4. The number of rotatable bonds is 7. The number of halogens is 1. The second-order valence-electron chi connectivity index (χ2n) is 5.08. The Morgan fingerprint density at radius 1 is 1.55 bits per heavy atom. The summed E-state index contributed by atoms with van der Waals surface area (Å²) in [6, 6.07) is 4.93. The molecule has 0 bridgehead atoms. The third kappa shape index (κ3) is 4.29. The molecule has 2 rings (SSSR count). The minimum Gasteiger partial charge on any atom is -0.496 e. The predicted octanol–water partition coefficient (Wildman–Crippen LogP) is 1.96. The SMILES string of the molecule is COc1ccc(Cl)cc1C(=O)NCC1(OCCO)CCSC1. The van der Waals surface area contributed by atoms with E-state index in [4.69, 9.17) is 26.2 Å². The van der Waals surface area contributed by atoms with Crippen LogP contribution in [0.2, 0.25) is 5.02 Å². The fraction of sp³-hybridized carbons (Fsp3) is 0.533. The molecule has 1 aromatic rings. The summed E-state index contributed by atoms with van der Waals surface area (Å²) >= 11 is 7.73.